The molecule has 0 aliphatic rings. The molecule has 0 aliphatic heterocycles. The molecule has 0 saturated heterocycles. The monoisotopic (exact) mass is 338 g/mol. The van der Waals surface area contributed by atoms with Crippen LogP contribution in [-0.2, 0) is 28.8 Å². The average molecular weight is 338 g/mol. The third-order valence-corrected chi connectivity index (χ3v) is 3.36. The van der Waals surface area contributed by atoms with Gasteiger partial charge in [-0.1, -0.05) is 25.1 Å². The van der Waals surface area contributed by atoms with Gasteiger partial charge in [-0.05, 0) is 19.1 Å². The molecule has 1 aromatic rings. The van der Waals surface area contributed by atoms with Gasteiger partial charge in [-0.2, -0.15) is 4.89 Å². The van der Waals surface area contributed by atoms with E-state index < -0.39 is 30.1 Å². The van der Waals surface area contributed by atoms with Gasteiger partial charge in [0, 0.05) is 19.8 Å². The molecule has 1 aromatic carbocycles. The Bertz CT molecular complexity index is 555. The van der Waals surface area contributed by atoms with Gasteiger partial charge < -0.3 is 9.47 Å². The predicted molar refractivity (Wildman–Crippen MR) is 83.8 cm³/mol. The minimum atomic E-state index is -0.782. The molecule has 24 heavy (non-hydrogen) atoms. The Hall–Kier alpha value is -2.41. The Balaban J connectivity index is 2.69. The summed E-state index contributed by atoms with van der Waals surface area (Å²) in [6.07, 6.45) is -1.30. The molecule has 0 aromatic heterocycles. The Kier molecular flexibility index (Phi) is 7.91. The van der Waals surface area contributed by atoms with Crippen molar-refractivity contribution in [3.8, 4) is 0 Å². The van der Waals surface area contributed by atoms with Crippen molar-refractivity contribution in [1.29, 1.82) is 0 Å². The van der Waals surface area contributed by atoms with Gasteiger partial charge in [0.15, 0.2) is 0 Å². The second-order valence-corrected chi connectivity index (χ2v) is 5.35. The SMILES string of the molecule is CC(=O)OO[C@H](COC(=O)c1ccccc1)[C@@H](C)[C@H](C)OC(C)=O. The number of hydrogen-bond acceptors (Lipinski definition) is 7. The Morgan fingerprint density at radius 2 is 1.62 bits per heavy atom. The number of esters is 2. The first-order valence-corrected chi connectivity index (χ1v) is 7.54. The van der Waals surface area contributed by atoms with Gasteiger partial charge in [0.25, 0.3) is 0 Å². The molecule has 0 aliphatic carbocycles. The number of ether oxygens (including phenoxy) is 2. The third kappa shape index (κ3) is 6.78. The molecular formula is C17H22O7. The van der Waals surface area contributed by atoms with E-state index in [2.05, 4.69) is 4.89 Å². The summed E-state index contributed by atoms with van der Waals surface area (Å²) in [5.74, 6) is -1.99. The van der Waals surface area contributed by atoms with Crippen LogP contribution in [0.5, 0.6) is 0 Å². The fourth-order valence-corrected chi connectivity index (χ4v) is 1.88. The molecule has 0 bridgehead atoms. The van der Waals surface area contributed by atoms with Gasteiger partial charge in [0.05, 0.1) is 5.56 Å². The molecule has 0 N–H and O–H groups in total. The van der Waals surface area contributed by atoms with Gasteiger partial charge in [-0.3, -0.25) is 9.68 Å². The summed E-state index contributed by atoms with van der Waals surface area (Å²) in [7, 11) is 0. The molecule has 7 nitrogen and oxygen atoms in total. The summed E-state index contributed by atoms with van der Waals surface area (Å²) in [5, 5.41) is 0. The number of carbonyl (C=O) groups excluding carboxylic acids is 3. The molecule has 0 amide bonds. The van der Waals surface area contributed by atoms with E-state index in [4.69, 9.17) is 14.4 Å². The normalized spacial score (nSPS) is 14.2. The highest BCUT2D eigenvalue weighted by molar-refractivity contribution is 5.89. The van der Waals surface area contributed by atoms with Crippen LogP contribution in [0.2, 0.25) is 0 Å². The lowest BCUT2D eigenvalue weighted by molar-refractivity contribution is -0.312. The number of benzene rings is 1. The van der Waals surface area contributed by atoms with E-state index in [0.717, 1.165) is 0 Å². The second-order valence-electron chi connectivity index (χ2n) is 5.35. The van der Waals surface area contributed by atoms with Crippen LogP contribution in [0.15, 0.2) is 30.3 Å². The van der Waals surface area contributed by atoms with Crippen LogP contribution >= 0.6 is 0 Å². The second kappa shape index (κ2) is 9.67. The largest absolute Gasteiger partial charge is 0.462 e. The van der Waals surface area contributed by atoms with Crippen LogP contribution in [0, 0.1) is 5.92 Å². The molecule has 7 heteroatoms. The summed E-state index contributed by atoms with van der Waals surface area (Å²) in [6, 6.07) is 8.46. The Morgan fingerprint density at radius 3 is 2.17 bits per heavy atom. The first-order chi connectivity index (χ1) is 11.3. The van der Waals surface area contributed by atoms with E-state index in [0.29, 0.717) is 5.56 Å². The van der Waals surface area contributed by atoms with Crippen molar-refractivity contribution < 1.29 is 33.6 Å². The summed E-state index contributed by atoms with van der Waals surface area (Å²) >= 11 is 0. The van der Waals surface area contributed by atoms with Gasteiger partial charge in [-0.25, -0.2) is 9.59 Å². The van der Waals surface area contributed by atoms with Gasteiger partial charge in [0.2, 0.25) is 0 Å². The summed E-state index contributed by atoms with van der Waals surface area (Å²) in [4.78, 5) is 43.6. The molecule has 0 saturated carbocycles. The number of rotatable bonds is 8. The molecule has 0 spiro atoms. The Morgan fingerprint density at radius 1 is 1.00 bits per heavy atom. The van der Waals surface area contributed by atoms with Crippen molar-refractivity contribution in [2.75, 3.05) is 6.61 Å². The average Bonchev–Trinajstić information content (AvgIpc) is 2.54. The highest BCUT2D eigenvalue weighted by atomic mass is 17.2. The van der Waals surface area contributed by atoms with Gasteiger partial charge >= 0.3 is 17.9 Å². The molecule has 3 atom stereocenters. The standard InChI is InChI=1S/C17H22O7/c1-11(12(2)22-13(3)18)16(24-23-14(4)19)10-21-17(20)15-8-6-5-7-9-15/h5-9,11-12,16H,10H2,1-4H3/t11-,12-,16+/m0/s1. The predicted octanol–water partition coefficient (Wildman–Crippen LogP) is 2.29. The first-order valence-electron chi connectivity index (χ1n) is 7.54. The van der Waals surface area contributed by atoms with Crippen LogP contribution in [0.4, 0.5) is 0 Å². The van der Waals surface area contributed by atoms with Crippen LogP contribution in [0.1, 0.15) is 38.1 Å². The maximum Gasteiger partial charge on any atom is 0.339 e. The zero-order valence-corrected chi connectivity index (χ0v) is 14.2. The summed E-state index contributed by atoms with van der Waals surface area (Å²) in [6.45, 7) is 5.73. The van der Waals surface area contributed by atoms with Crippen LogP contribution in [0.3, 0.4) is 0 Å². The van der Waals surface area contributed by atoms with Crippen LogP contribution in [-0.4, -0.2) is 36.7 Å². The molecule has 132 valence electrons. The van der Waals surface area contributed by atoms with E-state index in [-0.39, 0.29) is 12.5 Å². The van der Waals surface area contributed by atoms with E-state index in [1.807, 2.05) is 0 Å². The van der Waals surface area contributed by atoms with Crippen molar-refractivity contribution >= 4 is 17.9 Å². The van der Waals surface area contributed by atoms with Crippen molar-refractivity contribution in [3.63, 3.8) is 0 Å². The van der Waals surface area contributed by atoms with E-state index >= 15 is 0 Å². The zero-order chi connectivity index (χ0) is 18.1. The molecule has 0 fully saturated rings. The lowest BCUT2D eigenvalue weighted by atomic mass is 9.99. The summed E-state index contributed by atoms with van der Waals surface area (Å²) < 4.78 is 10.3. The van der Waals surface area contributed by atoms with Gasteiger partial charge in [-0.15, -0.1) is 0 Å². The van der Waals surface area contributed by atoms with Crippen molar-refractivity contribution in [2.24, 2.45) is 5.92 Å². The minimum absolute atomic E-state index is 0.159. The molecule has 0 radical (unpaired) electrons. The van der Waals surface area contributed by atoms with Gasteiger partial charge in [0.1, 0.15) is 18.8 Å². The molecule has 0 heterocycles. The molecule has 1 rings (SSSR count). The highest BCUT2D eigenvalue weighted by Crippen LogP contribution is 2.17. The third-order valence-electron chi connectivity index (χ3n) is 3.36. The molecular weight excluding hydrogens is 316 g/mol. The zero-order valence-electron chi connectivity index (χ0n) is 14.2. The number of carbonyl (C=O) groups is 3. The minimum Gasteiger partial charge on any atom is -0.462 e. The van der Waals surface area contributed by atoms with Crippen LogP contribution in [0.25, 0.3) is 0 Å². The summed E-state index contributed by atoms with van der Waals surface area (Å²) in [5.41, 5.74) is 0.393. The highest BCUT2D eigenvalue weighted by Gasteiger charge is 2.29. The maximum atomic E-state index is 12.0. The van der Waals surface area contributed by atoms with E-state index in [1.54, 1.807) is 44.2 Å². The maximum absolute atomic E-state index is 12.0. The number of hydrogen-bond donors (Lipinski definition) is 0. The first kappa shape index (κ1) is 19.6. The smallest absolute Gasteiger partial charge is 0.339 e. The van der Waals surface area contributed by atoms with Crippen LogP contribution < -0.4 is 0 Å². The lowest BCUT2D eigenvalue weighted by Gasteiger charge is -2.26. The lowest BCUT2D eigenvalue weighted by Crippen LogP contribution is -2.37. The fraction of sp³-hybridized carbons (Fsp3) is 0.471. The van der Waals surface area contributed by atoms with Crippen molar-refractivity contribution in [1.82, 2.24) is 0 Å². The topological polar surface area (TPSA) is 88.1 Å². The molecule has 0 unspecified atom stereocenters. The quantitative estimate of drug-likeness (QED) is 0.408. The van der Waals surface area contributed by atoms with Crippen molar-refractivity contribution in [2.45, 2.75) is 39.9 Å². The van der Waals surface area contributed by atoms with Crippen molar-refractivity contribution in [3.05, 3.63) is 35.9 Å². The van der Waals surface area contributed by atoms with E-state index in [9.17, 15) is 14.4 Å². The fourth-order valence-electron chi connectivity index (χ4n) is 1.88. The van der Waals surface area contributed by atoms with E-state index in [1.165, 1.54) is 13.8 Å². The Labute approximate surface area is 140 Å².